The van der Waals surface area contributed by atoms with Gasteiger partial charge in [0.05, 0.1) is 4.99 Å². The van der Waals surface area contributed by atoms with E-state index in [1.54, 1.807) is 0 Å². The van der Waals surface area contributed by atoms with Gasteiger partial charge in [-0.3, -0.25) is 0 Å². The van der Waals surface area contributed by atoms with Crippen LogP contribution in [0, 0.1) is 0 Å². The van der Waals surface area contributed by atoms with Crippen molar-refractivity contribution in [3.8, 4) is 0 Å². The molecular formula is C9H18N2S. The molecule has 0 amide bonds. The van der Waals surface area contributed by atoms with E-state index in [0.717, 1.165) is 19.0 Å². The van der Waals surface area contributed by atoms with Gasteiger partial charge < -0.3 is 11.1 Å². The van der Waals surface area contributed by atoms with Gasteiger partial charge in [-0.05, 0) is 12.8 Å². The van der Waals surface area contributed by atoms with E-state index in [2.05, 4.69) is 5.32 Å². The maximum atomic E-state index is 5.40. The van der Waals surface area contributed by atoms with Crippen molar-refractivity contribution in [2.24, 2.45) is 5.73 Å². The minimum Gasteiger partial charge on any atom is -0.393 e. The molecule has 3 N–H and O–H groups in total. The highest BCUT2D eigenvalue weighted by atomic mass is 32.1. The summed E-state index contributed by atoms with van der Waals surface area (Å²) in [6, 6.07) is 0.730. The highest BCUT2D eigenvalue weighted by molar-refractivity contribution is 7.80. The molecule has 0 aromatic rings. The van der Waals surface area contributed by atoms with Crippen LogP contribution in [0.4, 0.5) is 0 Å². The average molecular weight is 186 g/mol. The van der Waals surface area contributed by atoms with Crippen LogP contribution in [0.5, 0.6) is 0 Å². The van der Waals surface area contributed by atoms with Crippen molar-refractivity contribution in [3.63, 3.8) is 0 Å². The van der Waals surface area contributed by atoms with Crippen molar-refractivity contribution < 1.29 is 0 Å². The van der Waals surface area contributed by atoms with Crippen LogP contribution in [-0.2, 0) is 0 Å². The molecule has 1 aliphatic carbocycles. The molecule has 0 bridgehead atoms. The van der Waals surface area contributed by atoms with Crippen molar-refractivity contribution in [2.75, 3.05) is 6.54 Å². The lowest BCUT2D eigenvalue weighted by atomic mass is 9.95. The topological polar surface area (TPSA) is 38.0 Å². The van der Waals surface area contributed by atoms with Crippen LogP contribution in [0.3, 0.4) is 0 Å². The number of rotatable bonds is 4. The van der Waals surface area contributed by atoms with E-state index in [1.165, 1.54) is 32.1 Å². The molecule has 1 fully saturated rings. The summed E-state index contributed by atoms with van der Waals surface area (Å²) in [6.07, 6.45) is 7.67. The van der Waals surface area contributed by atoms with Gasteiger partial charge in [-0.15, -0.1) is 0 Å². The highest BCUT2D eigenvalue weighted by Crippen LogP contribution is 2.16. The molecule has 0 heterocycles. The second-order valence-electron chi connectivity index (χ2n) is 3.51. The summed E-state index contributed by atoms with van der Waals surface area (Å²) in [5, 5.41) is 3.49. The quantitative estimate of drug-likeness (QED) is 0.655. The molecule has 0 radical (unpaired) electrons. The Balaban J connectivity index is 2.01. The molecule has 3 heteroatoms. The lowest BCUT2D eigenvalue weighted by molar-refractivity contribution is 0.377. The SMILES string of the molecule is NC(=S)CCNC1CCCCC1. The van der Waals surface area contributed by atoms with Crippen molar-refractivity contribution in [1.29, 1.82) is 0 Å². The van der Waals surface area contributed by atoms with Gasteiger partial charge in [0.2, 0.25) is 0 Å². The second-order valence-corrected chi connectivity index (χ2v) is 4.03. The number of nitrogens with one attached hydrogen (secondary N) is 1. The number of hydrogen-bond donors (Lipinski definition) is 2. The molecule has 1 rings (SSSR count). The highest BCUT2D eigenvalue weighted by Gasteiger charge is 2.11. The summed E-state index contributed by atoms with van der Waals surface area (Å²) >= 11 is 4.80. The zero-order valence-corrected chi connectivity index (χ0v) is 8.33. The summed E-state index contributed by atoms with van der Waals surface area (Å²) in [5.41, 5.74) is 5.40. The standard InChI is InChI=1S/C9H18N2S/c10-9(12)6-7-11-8-4-2-1-3-5-8/h8,11H,1-7H2,(H2,10,12). The molecule has 0 spiro atoms. The van der Waals surface area contributed by atoms with Crippen LogP contribution in [0.1, 0.15) is 38.5 Å². The summed E-state index contributed by atoms with van der Waals surface area (Å²) < 4.78 is 0. The Morgan fingerprint density at radius 1 is 1.33 bits per heavy atom. The van der Waals surface area contributed by atoms with E-state index in [9.17, 15) is 0 Å². The lowest BCUT2D eigenvalue weighted by Crippen LogP contribution is -2.33. The average Bonchev–Trinajstić information content (AvgIpc) is 2.05. The third-order valence-corrected chi connectivity index (χ3v) is 2.61. The Hall–Kier alpha value is -0.150. The normalized spacial score (nSPS) is 19.3. The van der Waals surface area contributed by atoms with Gasteiger partial charge in [0.15, 0.2) is 0 Å². The van der Waals surface area contributed by atoms with Crippen molar-refractivity contribution >= 4 is 17.2 Å². The second kappa shape index (κ2) is 5.49. The van der Waals surface area contributed by atoms with Gasteiger partial charge in [0.25, 0.3) is 0 Å². The van der Waals surface area contributed by atoms with Gasteiger partial charge in [0, 0.05) is 19.0 Å². The van der Waals surface area contributed by atoms with E-state index in [1.807, 2.05) is 0 Å². The van der Waals surface area contributed by atoms with Crippen LogP contribution in [0.2, 0.25) is 0 Å². The Morgan fingerprint density at radius 3 is 2.58 bits per heavy atom. The van der Waals surface area contributed by atoms with Gasteiger partial charge in [0.1, 0.15) is 0 Å². The van der Waals surface area contributed by atoms with Crippen molar-refractivity contribution in [3.05, 3.63) is 0 Å². The number of thiocarbonyl (C=S) groups is 1. The molecule has 1 saturated carbocycles. The number of hydrogen-bond acceptors (Lipinski definition) is 2. The first-order valence-electron chi connectivity index (χ1n) is 4.81. The number of nitrogens with two attached hydrogens (primary N) is 1. The Bertz CT molecular complexity index is 141. The van der Waals surface area contributed by atoms with Crippen molar-refractivity contribution in [1.82, 2.24) is 5.32 Å². The zero-order chi connectivity index (χ0) is 8.81. The third-order valence-electron chi connectivity index (χ3n) is 2.41. The van der Waals surface area contributed by atoms with Gasteiger partial charge in [-0.1, -0.05) is 31.5 Å². The Labute approximate surface area is 79.9 Å². The van der Waals surface area contributed by atoms with Gasteiger partial charge in [-0.2, -0.15) is 0 Å². The van der Waals surface area contributed by atoms with E-state index in [-0.39, 0.29) is 0 Å². The fraction of sp³-hybridized carbons (Fsp3) is 0.889. The molecule has 0 aromatic carbocycles. The first-order chi connectivity index (χ1) is 5.79. The predicted octanol–water partition coefficient (Wildman–Crippen LogP) is 1.58. The summed E-state index contributed by atoms with van der Waals surface area (Å²) in [4.78, 5) is 0.623. The zero-order valence-electron chi connectivity index (χ0n) is 7.51. The lowest BCUT2D eigenvalue weighted by Gasteiger charge is -2.22. The smallest absolute Gasteiger partial charge is 0.0740 e. The maximum Gasteiger partial charge on any atom is 0.0740 e. The molecule has 0 aromatic heterocycles. The molecule has 0 aliphatic heterocycles. The summed E-state index contributed by atoms with van der Waals surface area (Å²) in [7, 11) is 0. The molecule has 0 saturated heterocycles. The van der Waals surface area contributed by atoms with Crippen LogP contribution >= 0.6 is 12.2 Å². The third kappa shape index (κ3) is 4.02. The van der Waals surface area contributed by atoms with E-state index in [4.69, 9.17) is 18.0 Å². The van der Waals surface area contributed by atoms with Gasteiger partial charge >= 0.3 is 0 Å². The fourth-order valence-electron chi connectivity index (χ4n) is 1.71. The van der Waals surface area contributed by atoms with E-state index >= 15 is 0 Å². The van der Waals surface area contributed by atoms with Crippen LogP contribution < -0.4 is 11.1 Å². The Kier molecular flexibility index (Phi) is 4.54. The summed E-state index contributed by atoms with van der Waals surface area (Å²) in [6.45, 7) is 0.958. The first kappa shape index (κ1) is 9.93. The molecule has 70 valence electrons. The summed E-state index contributed by atoms with van der Waals surface area (Å²) in [5.74, 6) is 0. The van der Waals surface area contributed by atoms with E-state index < -0.39 is 0 Å². The first-order valence-corrected chi connectivity index (χ1v) is 5.21. The van der Waals surface area contributed by atoms with Gasteiger partial charge in [-0.25, -0.2) is 0 Å². The van der Waals surface area contributed by atoms with Crippen LogP contribution in [0.25, 0.3) is 0 Å². The van der Waals surface area contributed by atoms with Crippen LogP contribution in [-0.4, -0.2) is 17.6 Å². The largest absolute Gasteiger partial charge is 0.393 e. The minimum absolute atomic E-state index is 0.623. The van der Waals surface area contributed by atoms with Crippen molar-refractivity contribution in [2.45, 2.75) is 44.6 Å². The predicted molar refractivity (Wildman–Crippen MR) is 56.3 cm³/mol. The molecular weight excluding hydrogens is 168 g/mol. The Morgan fingerprint density at radius 2 is 2.00 bits per heavy atom. The maximum absolute atomic E-state index is 5.40. The molecule has 1 aliphatic rings. The van der Waals surface area contributed by atoms with Crippen LogP contribution in [0.15, 0.2) is 0 Å². The molecule has 12 heavy (non-hydrogen) atoms. The fourth-order valence-corrected chi connectivity index (χ4v) is 1.81. The monoisotopic (exact) mass is 186 g/mol. The molecule has 0 atom stereocenters. The van der Waals surface area contributed by atoms with E-state index in [0.29, 0.717) is 4.99 Å². The minimum atomic E-state index is 0.623. The molecule has 2 nitrogen and oxygen atoms in total. The molecule has 0 unspecified atom stereocenters.